The van der Waals surface area contributed by atoms with Crippen molar-refractivity contribution in [1.82, 2.24) is 19.5 Å². The molecule has 1 atom stereocenters. The van der Waals surface area contributed by atoms with Crippen molar-refractivity contribution in [1.29, 1.82) is 0 Å². The van der Waals surface area contributed by atoms with E-state index in [1.807, 2.05) is 29.5 Å². The number of aliphatic hydroxyl groups excluding tert-OH is 1. The van der Waals surface area contributed by atoms with E-state index in [1.165, 1.54) is 22.2 Å². The summed E-state index contributed by atoms with van der Waals surface area (Å²) in [5.41, 5.74) is 0. The van der Waals surface area contributed by atoms with Crippen LogP contribution >= 0.6 is 22.7 Å². The van der Waals surface area contributed by atoms with Gasteiger partial charge in [0.1, 0.15) is 6.33 Å². The van der Waals surface area contributed by atoms with Gasteiger partial charge in [0.2, 0.25) is 10.8 Å². The van der Waals surface area contributed by atoms with E-state index in [1.54, 1.807) is 11.3 Å². The van der Waals surface area contributed by atoms with Gasteiger partial charge in [-0.25, -0.2) is 4.98 Å². The molecule has 8 heteroatoms. The third-order valence-electron chi connectivity index (χ3n) is 3.09. The lowest BCUT2D eigenvalue weighted by atomic mass is 10.2. The van der Waals surface area contributed by atoms with Gasteiger partial charge in [0.05, 0.1) is 17.5 Å². The fourth-order valence-electron chi connectivity index (χ4n) is 2.15. The zero-order valence-corrected chi connectivity index (χ0v) is 12.4. The largest absolute Gasteiger partial charge is 0.492 e. The van der Waals surface area contributed by atoms with Gasteiger partial charge in [0.25, 0.3) is 0 Å². The van der Waals surface area contributed by atoms with Crippen molar-refractivity contribution in [2.24, 2.45) is 0 Å². The molecule has 3 rings (SSSR count). The van der Waals surface area contributed by atoms with E-state index >= 15 is 0 Å². The third-order valence-corrected chi connectivity index (χ3v) is 5.10. The SMILES string of the molecule is CN(CCO)C(c1cccs1)c1sc2ncnn2c1O. The molecule has 0 aliphatic heterocycles. The minimum absolute atomic E-state index is 0.0693. The van der Waals surface area contributed by atoms with Crippen LogP contribution in [-0.2, 0) is 0 Å². The predicted molar refractivity (Wildman–Crippen MR) is 78.4 cm³/mol. The zero-order chi connectivity index (χ0) is 14.1. The molecule has 0 aromatic carbocycles. The summed E-state index contributed by atoms with van der Waals surface area (Å²) < 4.78 is 1.44. The monoisotopic (exact) mass is 310 g/mol. The molecule has 3 aromatic rings. The van der Waals surface area contributed by atoms with E-state index in [-0.39, 0.29) is 18.5 Å². The summed E-state index contributed by atoms with van der Waals surface area (Å²) in [7, 11) is 1.93. The Labute approximate surface area is 123 Å². The van der Waals surface area contributed by atoms with Crippen LogP contribution < -0.4 is 0 Å². The van der Waals surface area contributed by atoms with Gasteiger partial charge in [-0.05, 0) is 18.5 Å². The van der Waals surface area contributed by atoms with Crippen molar-refractivity contribution >= 4 is 27.6 Å². The van der Waals surface area contributed by atoms with Crippen LogP contribution in [0.25, 0.3) is 4.96 Å². The Morgan fingerprint density at radius 3 is 3.00 bits per heavy atom. The Kier molecular flexibility index (Phi) is 3.70. The van der Waals surface area contributed by atoms with E-state index in [4.69, 9.17) is 0 Å². The topological polar surface area (TPSA) is 73.9 Å². The van der Waals surface area contributed by atoms with Gasteiger partial charge in [-0.3, -0.25) is 4.90 Å². The standard InChI is InChI=1S/C12H14N4O2S2/c1-15(4-5-17)9(8-3-2-6-19-8)10-11(18)16-12(20-10)13-7-14-16/h2-3,6-7,9,17-18H,4-5H2,1H3. The molecule has 6 nitrogen and oxygen atoms in total. The number of hydrogen-bond acceptors (Lipinski definition) is 7. The van der Waals surface area contributed by atoms with E-state index in [2.05, 4.69) is 10.1 Å². The lowest BCUT2D eigenvalue weighted by Crippen LogP contribution is -2.27. The molecule has 0 radical (unpaired) electrons. The molecule has 106 valence electrons. The van der Waals surface area contributed by atoms with Crippen molar-refractivity contribution in [2.75, 3.05) is 20.2 Å². The molecule has 0 amide bonds. The first-order valence-electron chi connectivity index (χ1n) is 6.08. The lowest BCUT2D eigenvalue weighted by molar-refractivity contribution is 0.198. The maximum atomic E-state index is 10.4. The molecule has 0 saturated heterocycles. The van der Waals surface area contributed by atoms with E-state index in [9.17, 15) is 10.2 Å². The van der Waals surface area contributed by atoms with Crippen LogP contribution in [0, 0.1) is 0 Å². The summed E-state index contributed by atoms with van der Waals surface area (Å²) >= 11 is 3.04. The normalized spacial score (nSPS) is 13.3. The number of aromatic nitrogens is 3. The van der Waals surface area contributed by atoms with Crippen molar-refractivity contribution < 1.29 is 10.2 Å². The summed E-state index contributed by atoms with van der Waals surface area (Å²) in [6, 6.07) is 3.91. The first-order chi connectivity index (χ1) is 9.72. The quantitative estimate of drug-likeness (QED) is 0.748. The maximum Gasteiger partial charge on any atom is 0.230 e. The Morgan fingerprint density at radius 1 is 1.50 bits per heavy atom. The molecule has 0 saturated carbocycles. The van der Waals surface area contributed by atoms with Gasteiger partial charge in [0.15, 0.2) is 0 Å². The zero-order valence-electron chi connectivity index (χ0n) is 10.8. The van der Waals surface area contributed by atoms with Crippen molar-refractivity contribution in [2.45, 2.75) is 6.04 Å². The van der Waals surface area contributed by atoms with Crippen LogP contribution in [0.5, 0.6) is 5.88 Å². The molecule has 2 N–H and O–H groups in total. The van der Waals surface area contributed by atoms with Gasteiger partial charge < -0.3 is 10.2 Å². The van der Waals surface area contributed by atoms with Crippen molar-refractivity contribution in [3.05, 3.63) is 33.6 Å². The highest BCUT2D eigenvalue weighted by Crippen LogP contribution is 2.40. The number of aromatic hydroxyl groups is 1. The van der Waals surface area contributed by atoms with Gasteiger partial charge >= 0.3 is 0 Å². The molecule has 3 aromatic heterocycles. The smallest absolute Gasteiger partial charge is 0.230 e. The van der Waals surface area contributed by atoms with Crippen LogP contribution in [0.4, 0.5) is 0 Å². The molecular formula is C12H14N4O2S2. The Morgan fingerprint density at radius 2 is 2.35 bits per heavy atom. The van der Waals surface area contributed by atoms with Gasteiger partial charge in [-0.2, -0.15) is 9.61 Å². The Bertz CT molecular complexity index is 692. The first kappa shape index (κ1) is 13.5. The van der Waals surface area contributed by atoms with Crippen molar-refractivity contribution in [3.63, 3.8) is 0 Å². The number of rotatable bonds is 5. The third kappa shape index (κ3) is 2.20. The number of likely N-dealkylation sites (N-methyl/N-ethyl adjacent to an activating group) is 1. The number of hydrogen-bond donors (Lipinski definition) is 2. The lowest BCUT2D eigenvalue weighted by Gasteiger charge is -2.25. The molecule has 0 aliphatic rings. The highest BCUT2D eigenvalue weighted by Gasteiger charge is 2.27. The number of thiazole rings is 1. The van der Waals surface area contributed by atoms with Crippen LogP contribution in [0.3, 0.4) is 0 Å². The molecule has 0 bridgehead atoms. The van der Waals surface area contributed by atoms with E-state index in [0.717, 1.165) is 9.75 Å². The number of fused-ring (bicyclic) bond motifs is 1. The van der Waals surface area contributed by atoms with Gasteiger partial charge in [0, 0.05) is 11.4 Å². The Balaban J connectivity index is 2.08. The molecule has 20 heavy (non-hydrogen) atoms. The molecule has 1 unspecified atom stereocenters. The first-order valence-corrected chi connectivity index (χ1v) is 7.78. The molecular weight excluding hydrogens is 296 g/mol. The fourth-order valence-corrected chi connectivity index (χ4v) is 4.24. The van der Waals surface area contributed by atoms with Gasteiger partial charge in [-0.15, -0.1) is 11.3 Å². The second kappa shape index (κ2) is 5.49. The molecule has 3 heterocycles. The molecule has 0 fully saturated rings. The summed E-state index contributed by atoms with van der Waals surface area (Å²) in [5, 5.41) is 25.5. The van der Waals surface area contributed by atoms with Crippen LogP contribution in [0.1, 0.15) is 15.8 Å². The second-order valence-electron chi connectivity index (χ2n) is 4.37. The van der Waals surface area contributed by atoms with Crippen LogP contribution in [-0.4, -0.2) is 49.9 Å². The van der Waals surface area contributed by atoms with Crippen LogP contribution in [0.15, 0.2) is 23.8 Å². The highest BCUT2D eigenvalue weighted by atomic mass is 32.1. The summed E-state index contributed by atoms with van der Waals surface area (Å²) in [5.74, 6) is 0.116. The molecule has 0 aliphatic carbocycles. The number of nitrogens with zero attached hydrogens (tertiary/aromatic N) is 4. The van der Waals surface area contributed by atoms with Crippen LogP contribution in [0.2, 0.25) is 0 Å². The minimum Gasteiger partial charge on any atom is -0.492 e. The predicted octanol–water partition coefficient (Wildman–Crippen LogP) is 1.57. The maximum absolute atomic E-state index is 10.4. The van der Waals surface area contributed by atoms with Crippen molar-refractivity contribution in [3.8, 4) is 5.88 Å². The van der Waals surface area contributed by atoms with E-state index in [0.29, 0.717) is 11.5 Å². The van der Waals surface area contributed by atoms with Gasteiger partial charge in [-0.1, -0.05) is 17.4 Å². The minimum atomic E-state index is -0.101. The summed E-state index contributed by atoms with van der Waals surface area (Å²) in [6.07, 6.45) is 1.42. The average molecular weight is 310 g/mol. The number of thiophene rings is 1. The second-order valence-corrected chi connectivity index (χ2v) is 6.35. The molecule has 0 spiro atoms. The van der Waals surface area contributed by atoms with E-state index < -0.39 is 0 Å². The summed E-state index contributed by atoms with van der Waals surface area (Å²) in [4.78, 5) is 8.69. The number of aliphatic hydroxyl groups is 1. The highest BCUT2D eigenvalue weighted by molar-refractivity contribution is 7.17. The summed E-state index contributed by atoms with van der Waals surface area (Å²) in [6.45, 7) is 0.593. The average Bonchev–Trinajstić information content (AvgIpc) is 3.12. The fraction of sp³-hybridized carbons (Fsp3) is 0.333. The Hall–Kier alpha value is -1.48.